The number of hydrogen-bond donors (Lipinski definition) is 0. The highest BCUT2D eigenvalue weighted by Crippen LogP contribution is 2.41. The third-order valence-corrected chi connectivity index (χ3v) is 11.3. The smallest absolute Gasteiger partial charge is 0.0912 e. The largest absolute Gasteiger partial charge is 0.384 e. The van der Waals surface area contributed by atoms with Crippen LogP contribution >= 0.6 is 0 Å². The average molecular weight is 259 g/mol. The van der Waals surface area contributed by atoms with E-state index in [-0.39, 0.29) is 5.41 Å². The predicted molar refractivity (Wildman–Crippen MR) is 81.3 cm³/mol. The van der Waals surface area contributed by atoms with Gasteiger partial charge in [0.15, 0.2) is 0 Å². The number of rotatable bonds is 6. The maximum Gasteiger partial charge on any atom is 0.0912 e. The van der Waals surface area contributed by atoms with Crippen LogP contribution in [0.1, 0.15) is 62.3 Å². The molecule has 0 heterocycles. The Morgan fingerprint density at radius 3 is 1.41 bits per heavy atom. The quantitative estimate of drug-likeness (QED) is 0.590. The first-order valence-corrected chi connectivity index (χ1v) is 9.55. The number of ether oxygens (including phenoxy) is 1. The van der Waals surface area contributed by atoms with Crippen LogP contribution in [0.5, 0.6) is 0 Å². The van der Waals surface area contributed by atoms with Crippen LogP contribution in [0.25, 0.3) is 0 Å². The van der Waals surface area contributed by atoms with Crippen molar-refractivity contribution < 1.29 is 4.74 Å². The van der Waals surface area contributed by atoms with E-state index in [1.807, 2.05) is 0 Å². The van der Waals surface area contributed by atoms with Gasteiger partial charge < -0.3 is 4.74 Å². The number of hydrogen-bond acceptors (Lipinski definition) is 1. The molecule has 1 nitrogen and oxygen atoms in total. The highest BCUT2D eigenvalue weighted by Gasteiger charge is 2.43. The van der Waals surface area contributed by atoms with E-state index >= 15 is 0 Å². The third-order valence-electron chi connectivity index (χ3n) is 4.11. The lowest BCUT2D eigenvalue weighted by Gasteiger charge is -2.43. The van der Waals surface area contributed by atoms with Gasteiger partial charge in [-0.05, 0) is 22.0 Å². The molecule has 0 aromatic rings. The zero-order valence-corrected chi connectivity index (χ0v) is 14.6. The molecule has 0 aliphatic heterocycles. The summed E-state index contributed by atoms with van der Waals surface area (Å²) in [6, 6.07) is 0. The zero-order chi connectivity index (χ0) is 13.9. The Kier molecular flexibility index (Phi) is 6.44. The van der Waals surface area contributed by atoms with Gasteiger partial charge in [0.25, 0.3) is 0 Å². The maximum atomic E-state index is 6.11. The van der Waals surface area contributed by atoms with Gasteiger partial charge in [0.2, 0.25) is 0 Å². The molecular formula is C15H34OSi. The molecule has 0 aromatic heterocycles. The molecule has 104 valence electrons. The molecule has 0 fully saturated rings. The zero-order valence-electron chi connectivity index (χ0n) is 13.6. The molecule has 0 aliphatic carbocycles. The van der Waals surface area contributed by atoms with Crippen molar-refractivity contribution in [2.45, 2.75) is 78.9 Å². The van der Waals surface area contributed by atoms with Crippen LogP contribution in [0.15, 0.2) is 0 Å². The highest BCUT2D eigenvalue weighted by atomic mass is 28.3. The van der Waals surface area contributed by atoms with Crippen molar-refractivity contribution in [3.05, 3.63) is 0 Å². The lowest BCUT2D eigenvalue weighted by molar-refractivity contribution is 0.0959. The van der Waals surface area contributed by atoms with E-state index in [1.54, 1.807) is 0 Å². The fourth-order valence-corrected chi connectivity index (χ4v) is 8.49. The summed E-state index contributed by atoms with van der Waals surface area (Å²) >= 11 is 0. The van der Waals surface area contributed by atoms with Crippen LogP contribution < -0.4 is 0 Å². The second-order valence-corrected chi connectivity index (χ2v) is 13.6. The van der Waals surface area contributed by atoms with Crippen molar-refractivity contribution >= 4 is 8.07 Å². The molecule has 2 heteroatoms. The molecule has 0 N–H and O–H groups in total. The Balaban J connectivity index is 4.71. The summed E-state index contributed by atoms with van der Waals surface area (Å²) in [6.07, 6.45) is 1.03. The van der Waals surface area contributed by atoms with Crippen LogP contribution in [0, 0.1) is 5.41 Å². The molecule has 0 amide bonds. The van der Waals surface area contributed by atoms with Crippen LogP contribution in [-0.2, 0) is 4.74 Å². The van der Waals surface area contributed by atoms with Crippen molar-refractivity contribution in [1.29, 1.82) is 0 Å². The van der Waals surface area contributed by atoms with E-state index in [1.165, 1.54) is 0 Å². The SMILES string of the molecule is CC(C)[Si](COCC(C)(C)C)(C(C)C)C(C)C. The molecule has 0 spiro atoms. The van der Waals surface area contributed by atoms with Crippen molar-refractivity contribution in [3.63, 3.8) is 0 Å². The monoisotopic (exact) mass is 258 g/mol. The Morgan fingerprint density at radius 1 is 0.824 bits per heavy atom. The van der Waals surface area contributed by atoms with Crippen LogP contribution in [0.3, 0.4) is 0 Å². The van der Waals surface area contributed by atoms with E-state index in [2.05, 4.69) is 62.3 Å². The normalized spacial score (nSPS) is 14.1. The van der Waals surface area contributed by atoms with Gasteiger partial charge in [0.1, 0.15) is 0 Å². The maximum absolute atomic E-state index is 6.11. The Morgan fingerprint density at radius 2 is 1.18 bits per heavy atom. The molecule has 0 bridgehead atoms. The van der Waals surface area contributed by atoms with E-state index in [4.69, 9.17) is 4.74 Å². The first-order valence-electron chi connectivity index (χ1n) is 7.11. The van der Waals surface area contributed by atoms with E-state index < -0.39 is 8.07 Å². The predicted octanol–water partition coefficient (Wildman–Crippen LogP) is 5.27. The van der Waals surface area contributed by atoms with Crippen molar-refractivity contribution in [2.75, 3.05) is 12.8 Å². The molecule has 0 unspecified atom stereocenters. The summed E-state index contributed by atoms with van der Waals surface area (Å²) in [5.74, 6) is 0. The van der Waals surface area contributed by atoms with E-state index in [9.17, 15) is 0 Å². The first kappa shape index (κ1) is 17.2. The van der Waals surface area contributed by atoms with E-state index in [0.717, 1.165) is 29.5 Å². The van der Waals surface area contributed by atoms with Gasteiger partial charge in [0.05, 0.1) is 14.7 Å². The molecule has 17 heavy (non-hydrogen) atoms. The van der Waals surface area contributed by atoms with Crippen molar-refractivity contribution in [3.8, 4) is 0 Å². The van der Waals surface area contributed by atoms with Crippen LogP contribution in [0.2, 0.25) is 16.6 Å². The Labute approximate surface area is 110 Å². The van der Waals surface area contributed by atoms with E-state index in [0.29, 0.717) is 0 Å². The molecule has 0 aromatic carbocycles. The highest BCUT2D eigenvalue weighted by molar-refractivity contribution is 6.83. The third kappa shape index (κ3) is 4.74. The summed E-state index contributed by atoms with van der Waals surface area (Å²) in [4.78, 5) is 0. The minimum absolute atomic E-state index is 0.283. The molecule has 0 saturated carbocycles. The van der Waals surface area contributed by atoms with Gasteiger partial charge in [-0.25, -0.2) is 0 Å². The lowest BCUT2D eigenvalue weighted by atomic mass is 9.99. The van der Waals surface area contributed by atoms with Gasteiger partial charge in [-0.15, -0.1) is 0 Å². The van der Waals surface area contributed by atoms with Gasteiger partial charge >= 0.3 is 0 Å². The van der Waals surface area contributed by atoms with Crippen LogP contribution in [0.4, 0.5) is 0 Å². The fraction of sp³-hybridized carbons (Fsp3) is 1.00. The molecular weight excluding hydrogens is 224 g/mol. The summed E-state index contributed by atoms with van der Waals surface area (Å²) in [5, 5.41) is 0. The standard InChI is InChI=1S/C15H34OSi/c1-12(2)17(13(3)4,14(5)6)11-16-10-15(7,8)9/h12-14H,10-11H2,1-9H3. The summed E-state index contributed by atoms with van der Waals surface area (Å²) in [7, 11) is -1.35. The minimum Gasteiger partial charge on any atom is -0.384 e. The Bertz CT molecular complexity index is 192. The van der Waals surface area contributed by atoms with Crippen molar-refractivity contribution in [2.24, 2.45) is 5.41 Å². The molecule has 0 rings (SSSR count). The second-order valence-electron chi connectivity index (χ2n) is 7.63. The molecule has 0 radical (unpaired) electrons. The molecule has 0 saturated heterocycles. The van der Waals surface area contributed by atoms with Gasteiger partial charge in [-0.3, -0.25) is 0 Å². The lowest BCUT2D eigenvalue weighted by Crippen LogP contribution is -2.49. The molecule has 0 atom stereocenters. The topological polar surface area (TPSA) is 9.23 Å². The summed E-state index contributed by atoms with van der Waals surface area (Å²) in [6.45, 7) is 22.0. The van der Waals surface area contributed by atoms with Gasteiger partial charge in [-0.2, -0.15) is 0 Å². The fourth-order valence-electron chi connectivity index (χ4n) is 3.03. The first-order chi connectivity index (χ1) is 7.54. The van der Waals surface area contributed by atoms with Crippen LogP contribution in [-0.4, -0.2) is 20.9 Å². The Hall–Kier alpha value is 0.177. The summed E-state index contributed by atoms with van der Waals surface area (Å²) in [5.41, 5.74) is 2.66. The van der Waals surface area contributed by atoms with Gasteiger partial charge in [-0.1, -0.05) is 62.3 Å². The van der Waals surface area contributed by atoms with Gasteiger partial charge in [0, 0.05) is 6.23 Å². The average Bonchev–Trinajstić information content (AvgIpc) is 2.08. The minimum atomic E-state index is -1.35. The second kappa shape index (κ2) is 6.37. The van der Waals surface area contributed by atoms with Crippen molar-refractivity contribution in [1.82, 2.24) is 0 Å². The summed E-state index contributed by atoms with van der Waals surface area (Å²) < 4.78 is 6.11. The molecule has 0 aliphatic rings.